The number of methoxy groups -OCH3 is 1. The number of hydrogen-bond acceptors (Lipinski definition) is 3. The van der Waals surface area contributed by atoms with E-state index in [1.807, 2.05) is 0 Å². The number of fused-ring (bicyclic) bond motifs is 1. The Morgan fingerprint density at radius 3 is 2.93 bits per heavy atom. The van der Waals surface area contributed by atoms with E-state index in [2.05, 4.69) is 4.98 Å². The average molecular weight is 190 g/mol. The molecule has 0 fully saturated rings. The van der Waals surface area contributed by atoms with Crippen LogP contribution in [0.25, 0.3) is 5.65 Å². The second kappa shape index (κ2) is 3.14. The maximum Gasteiger partial charge on any atom is 0.263 e. The SMILES string of the molecule is COc1cccc2ncc(C)c(=O)n12. The summed E-state index contributed by atoms with van der Waals surface area (Å²) in [4.78, 5) is 15.9. The Bertz CT molecular complexity index is 531. The quantitative estimate of drug-likeness (QED) is 0.674. The van der Waals surface area contributed by atoms with Gasteiger partial charge in [-0.2, -0.15) is 0 Å². The predicted molar refractivity (Wildman–Crippen MR) is 52.8 cm³/mol. The topological polar surface area (TPSA) is 43.6 Å². The fourth-order valence-electron chi connectivity index (χ4n) is 1.34. The first kappa shape index (κ1) is 8.74. The molecule has 2 aromatic heterocycles. The number of pyridine rings is 1. The van der Waals surface area contributed by atoms with Gasteiger partial charge in [-0.1, -0.05) is 6.07 Å². The molecule has 0 spiro atoms. The number of aryl methyl sites for hydroxylation is 1. The molecule has 2 heterocycles. The Morgan fingerprint density at radius 2 is 2.21 bits per heavy atom. The highest BCUT2D eigenvalue weighted by Crippen LogP contribution is 2.09. The maximum absolute atomic E-state index is 11.8. The molecule has 0 N–H and O–H groups in total. The highest BCUT2D eigenvalue weighted by Gasteiger charge is 2.04. The van der Waals surface area contributed by atoms with Gasteiger partial charge in [0.2, 0.25) is 5.88 Å². The zero-order valence-electron chi connectivity index (χ0n) is 8.02. The number of nitrogens with zero attached hydrogens (tertiary/aromatic N) is 2. The summed E-state index contributed by atoms with van der Waals surface area (Å²) >= 11 is 0. The summed E-state index contributed by atoms with van der Waals surface area (Å²) in [6, 6.07) is 5.30. The minimum Gasteiger partial charge on any atom is -0.482 e. The van der Waals surface area contributed by atoms with E-state index in [0.29, 0.717) is 17.1 Å². The van der Waals surface area contributed by atoms with Crippen LogP contribution >= 0.6 is 0 Å². The Morgan fingerprint density at radius 1 is 1.43 bits per heavy atom. The van der Waals surface area contributed by atoms with Crippen LogP contribution in [-0.4, -0.2) is 16.5 Å². The van der Waals surface area contributed by atoms with E-state index in [0.717, 1.165) is 0 Å². The molecule has 0 atom stereocenters. The van der Waals surface area contributed by atoms with Gasteiger partial charge >= 0.3 is 0 Å². The van der Waals surface area contributed by atoms with Gasteiger partial charge in [-0.3, -0.25) is 4.79 Å². The van der Waals surface area contributed by atoms with E-state index in [1.165, 1.54) is 11.5 Å². The summed E-state index contributed by atoms with van der Waals surface area (Å²) in [7, 11) is 1.53. The Hall–Kier alpha value is -1.84. The minimum absolute atomic E-state index is 0.0903. The van der Waals surface area contributed by atoms with Crippen molar-refractivity contribution in [2.24, 2.45) is 0 Å². The summed E-state index contributed by atoms with van der Waals surface area (Å²) in [5.41, 5.74) is 1.11. The second-order valence-electron chi connectivity index (χ2n) is 3.01. The average Bonchev–Trinajstić information content (AvgIpc) is 2.23. The van der Waals surface area contributed by atoms with E-state index < -0.39 is 0 Å². The Kier molecular flexibility index (Phi) is 1.96. The molecular formula is C10H10N2O2. The molecule has 0 unspecified atom stereocenters. The number of rotatable bonds is 1. The minimum atomic E-state index is -0.0903. The van der Waals surface area contributed by atoms with Crippen molar-refractivity contribution in [2.45, 2.75) is 6.92 Å². The lowest BCUT2D eigenvalue weighted by Crippen LogP contribution is -2.18. The molecule has 0 saturated carbocycles. The summed E-state index contributed by atoms with van der Waals surface area (Å²) in [5, 5.41) is 0. The van der Waals surface area contributed by atoms with Crippen LogP contribution in [-0.2, 0) is 0 Å². The first-order valence-corrected chi connectivity index (χ1v) is 4.25. The summed E-state index contributed by atoms with van der Waals surface area (Å²) in [5.74, 6) is 0.503. The molecule has 14 heavy (non-hydrogen) atoms. The smallest absolute Gasteiger partial charge is 0.263 e. The molecular weight excluding hydrogens is 180 g/mol. The summed E-state index contributed by atoms with van der Waals surface area (Å²) in [6.45, 7) is 1.73. The normalized spacial score (nSPS) is 10.4. The van der Waals surface area contributed by atoms with Gasteiger partial charge in [-0.25, -0.2) is 9.38 Å². The van der Waals surface area contributed by atoms with E-state index >= 15 is 0 Å². The van der Waals surface area contributed by atoms with Gasteiger partial charge in [-0.15, -0.1) is 0 Å². The van der Waals surface area contributed by atoms with Crippen LogP contribution in [0.15, 0.2) is 29.2 Å². The molecule has 0 aliphatic carbocycles. The van der Waals surface area contributed by atoms with Gasteiger partial charge in [0.25, 0.3) is 5.56 Å². The number of aromatic nitrogens is 2. The summed E-state index contributed by atoms with van der Waals surface area (Å²) in [6.07, 6.45) is 1.57. The highest BCUT2D eigenvalue weighted by molar-refractivity contribution is 5.41. The number of ether oxygens (including phenoxy) is 1. The summed E-state index contributed by atoms with van der Waals surface area (Å²) < 4.78 is 6.54. The molecule has 0 aliphatic rings. The zero-order valence-corrected chi connectivity index (χ0v) is 8.02. The van der Waals surface area contributed by atoms with Gasteiger partial charge in [-0.05, 0) is 19.1 Å². The van der Waals surface area contributed by atoms with Crippen molar-refractivity contribution in [2.75, 3.05) is 7.11 Å². The highest BCUT2D eigenvalue weighted by atomic mass is 16.5. The Labute approximate surface area is 80.8 Å². The molecule has 2 rings (SSSR count). The molecule has 0 aromatic carbocycles. The van der Waals surface area contributed by atoms with Gasteiger partial charge < -0.3 is 4.74 Å². The molecule has 72 valence electrons. The number of hydrogen-bond donors (Lipinski definition) is 0. The third kappa shape index (κ3) is 1.16. The van der Waals surface area contributed by atoms with E-state index in [-0.39, 0.29) is 5.56 Å². The molecule has 0 saturated heterocycles. The molecule has 0 aliphatic heterocycles. The van der Waals surface area contributed by atoms with Crippen LogP contribution in [0, 0.1) is 6.92 Å². The lowest BCUT2D eigenvalue weighted by atomic mass is 10.3. The Balaban J connectivity index is 2.97. The van der Waals surface area contributed by atoms with Crippen LogP contribution in [0.1, 0.15) is 5.56 Å². The van der Waals surface area contributed by atoms with Crippen LogP contribution in [0.4, 0.5) is 0 Å². The first-order valence-electron chi connectivity index (χ1n) is 4.25. The van der Waals surface area contributed by atoms with Gasteiger partial charge in [0, 0.05) is 11.8 Å². The van der Waals surface area contributed by atoms with Crippen molar-refractivity contribution in [1.29, 1.82) is 0 Å². The first-order chi connectivity index (χ1) is 6.74. The van der Waals surface area contributed by atoms with Crippen molar-refractivity contribution < 1.29 is 4.74 Å². The zero-order chi connectivity index (χ0) is 10.1. The lowest BCUT2D eigenvalue weighted by Gasteiger charge is -2.06. The fourth-order valence-corrected chi connectivity index (χ4v) is 1.34. The lowest BCUT2D eigenvalue weighted by molar-refractivity contribution is 0.390. The third-order valence-electron chi connectivity index (χ3n) is 2.07. The molecule has 4 nitrogen and oxygen atoms in total. The van der Waals surface area contributed by atoms with Crippen molar-refractivity contribution in [3.05, 3.63) is 40.3 Å². The van der Waals surface area contributed by atoms with Crippen LogP contribution in [0.3, 0.4) is 0 Å². The molecule has 0 radical (unpaired) electrons. The van der Waals surface area contributed by atoms with Crippen LogP contribution < -0.4 is 10.3 Å². The van der Waals surface area contributed by atoms with Crippen molar-refractivity contribution >= 4 is 5.65 Å². The van der Waals surface area contributed by atoms with Gasteiger partial charge in [0.1, 0.15) is 5.65 Å². The van der Waals surface area contributed by atoms with Crippen LogP contribution in [0.2, 0.25) is 0 Å². The van der Waals surface area contributed by atoms with Crippen LogP contribution in [0.5, 0.6) is 5.88 Å². The van der Waals surface area contributed by atoms with E-state index in [4.69, 9.17) is 4.74 Å². The molecule has 0 bridgehead atoms. The molecule has 4 heteroatoms. The van der Waals surface area contributed by atoms with Crippen molar-refractivity contribution in [1.82, 2.24) is 9.38 Å². The second-order valence-corrected chi connectivity index (χ2v) is 3.01. The standard InChI is InChI=1S/C10H10N2O2/c1-7-6-11-8-4-3-5-9(14-2)12(8)10(7)13/h3-6H,1-2H3. The van der Waals surface area contributed by atoms with Crippen molar-refractivity contribution in [3.8, 4) is 5.88 Å². The third-order valence-corrected chi connectivity index (χ3v) is 2.07. The monoisotopic (exact) mass is 190 g/mol. The fraction of sp³-hybridized carbons (Fsp3) is 0.200. The molecule has 0 amide bonds. The van der Waals surface area contributed by atoms with Crippen molar-refractivity contribution in [3.63, 3.8) is 0 Å². The van der Waals surface area contributed by atoms with E-state index in [1.54, 1.807) is 31.3 Å². The molecule has 2 aromatic rings. The van der Waals surface area contributed by atoms with Gasteiger partial charge in [0.05, 0.1) is 7.11 Å². The largest absolute Gasteiger partial charge is 0.482 e. The maximum atomic E-state index is 11.8. The van der Waals surface area contributed by atoms with E-state index in [9.17, 15) is 4.79 Å². The van der Waals surface area contributed by atoms with Gasteiger partial charge in [0.15, 0.2) is 0 Å². The predicted octanol–water partition coefficient (Wildman–Crippen LogP) is 1.01.